The summed E-state index contributed by atoms with van der Waals surface area (Å²) in [5.41, 5.74) is 0.395. The molecule has 132 valence electrons. The summed E-state index contributed by atoms with van der Waals surface area (Å²) in [5, 5.41) is 14.8. The average Bonchev–Trinajstić information content (AvgIpc) is 2.60. The van der Waals surface area contributed by atoms with Crippen molar-refractivity contribution in [3.05, 3.63) is 58.6 Å². The Labute approximate surface area is 154 Å². The number of carbonyl (C=O) groups excluding carboxylic acids is 2. The largest absolute Gasteiger partial charge is 0.508 e. The molecule has 25 heavy (non-hydrogen) atoms. The molecule has 0 fully saturated rings. The van der Waals surface area contributed by atoms with Gasteiger partial charge in [0.05, 0.1) is 0 Å². The summed E-state index contributed by atoms with van der Waals surface area (Å²) in [6.45, 7) is 0.794. The highest BCUT2D eigenvalue weighted by Gasteiger charge is 2.06. The fourth-order valence-corrected chi connectivity index (χ4v) is 2.26. The normalized spacial score (nSPS) is 10.1. The molecule has 0 heterocycles. The van der Waals surface area contributed by atoms with Gasteiger partial charge in [-0.05, 0) is 48.9 Å². The molecule has 0 saturated heterocycles. The molecule has 0 aliphatic heterocycles. The zero-order valence-electron chi connectivity index (χ0n) is 13.5. The van der Waals surface area contributed by atoms with Crippen LogP contribution in [0, 0.1) is 0 Å². The van der Waals surface area contributed by atoms with Gasteiger partial charge in [-0.3, -0.25) is 9.59 Å². The SMILES string of the molecule is O=C(COc1ccc(Br)cc1)NCCCNC(=O)c1cccc(O)c1. The van der Waals surface area contributed by atoms with Crippen LogP contribution in [0.2, 0.25) is 0 Å². The summed E-state index contributed by atoms with van der Waals surface area (Å²) in [4.78, 5) is 23.5. The van der Waals surface area contributed by atoms with E-state index < -0.39 is 0 Å². The standard InChI is InChI=1S/C18H19BrN2O4/c19-14-5-7-16(8-6-14)25-12-17(23)20-9-2-10-21-18(24)13-3-1-4-15(22)11-13/h1,3-8,11,22H,2,9-10,12H2,(H,20,23)(H,21,24). The molecule has 0 saturated carbocycles. The van der Waals surface area contributed by atoms with Gasteiger partial charge < -0.3 is 20.5 Å². The van der Waals surface area contributed by atoms with Crippen molar-refractivity contribution in [2.45, 2.75) is 6.42 Å². The third-order valence-corrected chi connectivity index (χ3v) is 3.78. The number of carbonyl (C=O) groups is 2. The van der Waals surface area contributed by atoms with E-state index in [0.29, 0.717) is 30.8 Å². The van der Waals surface area contributed by atoms with Gasteiger partial charge in [0.25, 0.3) is 11.8 Å². The summed E-state index contributed by atoms with van der Waals surface area (Å²) in [6.07, 6.45) is 0.592. The molecular weight excluding hydrogens is 388 g/mol. The minimum Gasteiger partial charge on any atom is -0.508 e. The fourth-order valence-electron chi connectivity index (χ4n) is 2.00. The summed E-state index contributed by atoms with van der Waals surface area (Å²) in [7, 11) is 0. The molecule has 0 aliphatic rings. The number of benzene rings is 2. The lowest BCUT2D eigenvalue weighted by atomic mass is 10.2. The zero-order chi connectivity index (χ0) is 18.1. The fraction of sp³-hybridized carbons (Fsp3) is 0.222. The molecule has 0 atom stereocenters. The molecule has 0 unspecified atom stereocenters. The molecule has 0 bridgehead atoms. The second kappa shape index (κ2) is 9.68. The van der Waals surface area contributed by atoms with E-state index in [4.69, 9.17) is 4.74 Å². The van der Waals surface area contributed by atoms with E-state index in [0.717, 1.165) is 4.47 Å². The van der Waals surface area contributed by atoms with Crippen LogP contribution in [0.4, 0.5) is 0 Å². The molecule has 2 amide bonds. The van der Waals surface area contributed by atoms with Crippen molar-refractivity contribution >= 4 is 27.7 Å². The Hall–Kier alpha value is -2.54. The van der Waals surface area contributed by atoms with Crippen molar-refractivity contribution < 1.29 is 19.4 Å². The molecule has 0 aromatic heterocycles. The van der Waals surface area contributed by atoms with Crippen LogP contribution in [0.25, 0.3) is 0 Å². The number of hydrogen-bond donors (Lipinski definition) is 3. The smallest absolute Gasteiger partial charge is 0.257 e. The van der Waals surface area contributed by atoms with E-state index in [1.54, 1.807) is 24.3 Å². The van der Waals surface area contributed by atoms with Crippen molar-refractivity contribution in [3.8, 4) is 11.5 Å². The van der Waals surface area contributed by atoms with E-state index >= 15 is 0 Å². The van der Waals surface area contributed by atoms with Crippen LogP contribution in [0.1, 0.15) is 16.8 Å². The van der Waals surface area contributed by atoms with E-state index in [9.17, 15) is 14.7 Å². The van der Waals surface area contributed by atoms with Gasteiger partial charge in [-0.1, -0.05) is 22.0 Å². The molecular formula is C18H19BrN2O4. The van der Waals surface area contributed by atoms with Gasteiger partial charge in [0.2, 0.25) is 0 Å². The summed E-state index contributed by atoms with van der Waals surface area (Å²) < 4.78 is 6.30. The molecule has 7 heteroatoms. The van der Waals surface area contributed by atoms with Crippen LogP contribution >= 0.6 is 15.9 Å². The van der Waals surface area contributed by atoms with Crippen LogP contribution in [0.3, 0.4) is 0 Å². The van der Waals surface area contributed by atoms with Crippen LogP contribution in [0.5, 0.6) is 11.5 Å². The van der Waals surface area contributed by atoms with E-state index in [1.165, 1.54) is 12.1 Å². The van der Waals surface area contributed by atoms with Gasteiger partial charge >= 0.3 is 0 Å². The minimum absolute atomic E-state index is 0.0469. The van der Waals surface area contributed by atoms with Crippen LogP contribution in [-0.2, 0) is 4.79 Å². The molecule has 2 aromatic carbocycles. The molecule has 0 spiro atoms. The number of amides is 2. The predicted molar refractivity (Wildman–Crippen MR) is 97.7 cm³/mol. The predicted octanol–water partition coefficient (Wildman–Crippen LogP) is 2.47. The van der Waals surface area contributed by atoms with Gasteiger partial charge in [0.1, 0.15) is 11.5 Å². The Morgan fingerprint density at radius 1 is 1.04 bits per heavy atom. The van der Waals surface area contributed by atoms with Crippen molar-refractivity contribution in [1.29, 1.82) is 0 Å². The first-order chi connectivity index (χ1) is 12.0. The van der Waals surface area contributed by atoms with E-state index in [-0.39, 0.29) is 24.2 Å². The number of nitrogens with one attached hydrogen (secondary N) is 2. The third kappa shape index (κ3) is 6.84. The molecule has 2 aromatic rings. The van der Waals surface area contributed by atoms with Crippen molar-refractivity contribution in [1.82, 2.24) is 10.6 Å². The second-order valence-corrected chi connectivity index (χ2v) is 6.17. The highest BCUT2D eigenvalue weighted by molar-refractivity contribution is 9.10. The Kier molecular flexibility index (Phi) is 7.28. The lowest BCUT2D eigenvalue weighted by molar-refractivity contribution is -0.123. The highest BCUT2D eigenvalue weighted by Crippen LogP contribution is 2.15. The maximum atomic E-state index is 11.8. The molecule has 0 aliphatic carbocycles. The maximum Gasteiger partial charge on any atom is 0.257 e. The Balaban J connectivity index is 1.58. The topological polar surface area (TPSA) is 87.7 Å². The number of halogens is 1. The highest BCUT2D eigenvalue weighted by atomic mass is 79.9. The van der Waals surface area contributed by atoms with E-state index in [1.807, 2.05) is 12.1 Å². The number of phenolic OH excluding ortho intramolecular Hbond substituents is 1. The second-order valence-electron chi connectivity index (χ2n) is 5.25. The lowest BCUT2D eigenvalue weighted by Crippen LogP contribution is -2.32. The average molecular weight is 407 g/mol. The van der Waals surface area contributed by atoms with Crippen molar-refractivity contribution in [2.24, 2.45) is 0 Å². The number of phenols is 1. The van der Waals surface area contributed by atoms with Gasteiger partial charge in [-0.2, -0.15) is 0 Å². The van der Waals surface area contributed by atoms with Gasteiger partial charge in [-0.15, -0.1) is 0 Å². The van der Waals surface area contributed by atoms with Crippen LogP contribution < -0.4 is 15.4 Å². The maximum absolute atomic E-state index is 11.8. The third-order valence-electron chi connectivity index (χ3n) is 3.25. The van der Waals surface area contributed by atoms with E-state index in [2.05, 4.69) is 26.6 Å². The Bertz CT molecular complexity index is 719. The summed E-state index contributed by atoms with van der Waals surface area (Å²) in [6, 6.07) is 13.3. The first kappa shape index (κ1) is 18.8. The quantitative estimate of drug-likeness (QED) is 0.587. The van der Waals surface area contributed by atoms with Gasteiger partial charge in [-0.25, -0.2) is 0 Å². The van der Waals surface area contributed by atoms with Gasteiger partial charge in [0.15, 0.2) is 6.61 Å². The van der Waals surface area contributed by atoms with Crippen LogP contribution in [-0.4, -0.2) is 36.6 Å². The first-order valence-corrected chi connectivity index (χ1v) is 8.56. The summed E-state index contributed by atoms with van der Waals surface area (Å²) in [5.74, 6) is 0.186. The van der Waals surface area contributed by atoms with Crippen molar-refractivity contribution in [2.75, 3.05) is 19.7 Å². The molecule has 6 nitrogen and oxygen atoms in total. The zero-order valence-corrected chi connectivity index (χ0v) is 15.1. The number of rotatable bonds is 8. The first-order valence-electron chi connectivity index (χ1n) is 7.77. The summed E-state index contributed by atoms with van der Waals surface area (Å²) >= 11 is 3.33. The lowest BCUT2D eigenvalue weighted by Gasteiger charge is -2.08. The minimum atomic E-state index is -0.263. The number of ether oxygens (including phenoxy) is 1. The van der Waals surface area contributed by atoms with Crippen molar-refractivity contribution in [3.63, 3.8) is 0 Å². The van der Waals surface area contributed by atoms with Crippen LogP contribution in [0.15, 0.2) is 53.0 Å². The van der Waals surface area contributed by atoms with Gasteiger partial charge in [0, 0.05) is 23.1 Å². The Morgan fingerprint density at radius 2 is 1.76 bits per heavy atom. The molecule has 0 radical (unpaired) electrons. The molecule has 3 N–H and O–H groups in total. The number of aromatic hydroxyl groups is 1. The molecule has 2 rings (SSSR count). The Morgan fingerprint density at radius 3 is 2.48 bits per heavy atom. The number of hydrogen-bond acceptors (Lipinski definition) is 4. The monoisotopic (exact) mass is 406 g/mol.